The predicted molar refractivity (Wildman–Crippen MR) is 97.4 cm³/mol. The van der Waals surface area contributed by atoms with Crippen LogP contribution in [-0.2, 0) is 19.2 Å². The normalized spacial score (nSPS) is 34.0. The van der Waals surface area contributed by atoms with Crippen molar-refractivity contribution in [2.24, 2.45) is 34.7 Å². The number of carboxylic acid groups (broad SMARTS) is 1. The first-order valence-corrected chi connectivity index (χ1v) is 9.49. The van der Waals surface area contributed by atoms with Crippen LogP contribution in [0.1, 0.15) is 12.0 Å². The zero-order valence-electron chi connectivity index (χ0n) is 15.9. The fourth-order valence-corrected chi connectivity index (χ4v) is 5.71. The van der Waals surface area contributed by atoms with Crippen LogP contribution >= 0.6 is 0 Å². The number of carbonyl (C=O) groups excluding carboxylic acids is 2. The Hall–Kier alpha value is -3.10. The molecule has 29 heavy (non-hydrogen) atoms. The summed E-state index contributed by atoms with van der Waals surface area (Å²) in [6.45, 7) is -0.586. The van der Waals surface area contributed by atoms with Crippen molar-refractivity contribution in [1.29, 1.82) is 0 Å². The van der Waals surface area contributed by atoms with Crippen molar-refractivity contribution in [3.05, 3.63) is 23.8 Å². The molecule has 3 fully saturated rings. The van der Waals surface area contributed by atoms with Crippen LogP contribution in [0.4, 0.5) is 0 Å². The van der Waals surface area contributed by atoms with Gasteiger partial charge in [-0.3, -0.25) is 19.3 Å². The summed E-state index contributed by atoms with van der Waals surface area (Å²) >= 11 is 0. The van der Waals surface area contributed by atoms with E-state index in [4.69, 9.17) is 19.4 Å². The number of fused-ring (bicyclic) bond motifs is 8. The van der Waals surface area contributed by atoms with Gasteiger partial charge >= 0.3 is 5.97 Å². The number of rotatable bonds is 5. The topological polar surface area (TPSA) is 115 Å². The van der Waals surface area contributed by atoms with E-state index in [9.17, 15) is 14.4 Å². The minimum absolute atomic E-state index is 0.0976. The molecule has 2 bridgehead atoms. The van der Waals surface area contributed by atoms with Crippen molar-refractivity contribution in [2.75, 3.05) is 20.8 Å². The van der Waals surface area contributed by atoms with E-state index in [1.165, 1.54) is 0 Å². The second-order valence-corrected chi connectivity index (χ2v) is 7.91. The number of benzene rings is 1. The molecule has 2 heterocycles. The average Bonchev–Trinajstić information content (AvgIpc) is 3.44. The molecule has 0 unspecified atom stereocenters. The Morgan fingerprint density at radius 1 is 1.14 bits per heavy atom. The van der Waals surface area contributed by atoms with Gasteiger partial charge in [-0.1, -0.05) is 5.16 Å². The van der Waals surface area contributed by atoms with Crippen molar-refractivity contribution in [3.63, 3.8) is 0 Å². The fraction of sp³-hybridized carbons (Fsp3) is 0.500. The molecular formula is C20H20N2O7. The minimum atomic E-state index is -1.19. The van der Waals surface area contributed by atoms with Crippen molar-refractivity contribution in [3.8, 4) is 11.5 Å². The van der Waals surface area contributed by atoms with Crippen molar-refractivity contribution >= 4 is 23.5 Å². The van der Waals surface area contributed by atoms with Crippen LogP contribution in [0.3, 0.4) is 0 Å². The number of oxime groups is 1. The van der Waals surface area contributed by atoms with Gasteiger partial charge in [0.15, 0.2) is 11.5 Å². The fourth-order valence-electron chi connectivity index (χ4n) is 5.71. The molecule has 5 rings (SSSR count). The summed E-state index contributed by atoms with van der Waals surface area (Å²) in [7, 11) is 3.12. The third-order valence-corrected chi connectivity index (χ3v) is 6.75. The molecule has 6 atom stereocenters. The van der Waals surface area contributed by atoms with Gasteiger partial charge in [-0.05, 0) is 30.5 Å². The van der Waals surface area contributed by atoms with Crippen LogP contribution in [-0.4, -0.2) is 60.4 Å². The highest BCUT2D eigenvalue weighted by atomic mass is 16.6. The second kappa shape index (κ2) is 6.20. The summed E-state index contributed by atoms with van der Waals surface area (Å²) in [5, 5.41) is 13.3. The maximum absolute atomic E-state index is 12.9. The number of hydrogen-bond acceptors (Lipinski definition) is 7. The molecule has 1 N–H and O–H groups in total. The molecular weight excluding hydrogens is 380 g/mol. The van der Waals surface area contributed by atoms with Gasteiger partial charge in [0.05, 0.1) is 31.8 Å². The average molecular weight is 400 g/mol. The monoisotopic (exact) mass is 400 g/mol. The Labute approximate surface area is 166 Å². The molecule has 2 aliphatic heterocycles. The van der Waals surface area contributed by atoms with Gasteiger partial charge < -0.3 is 19.4 Å². The largest absolute Gasteiger partial charge is 0.493 e. The number of methoxy groups -OCH3 is 2. The lowest BCUT2D eigenvalue weighted by Crippen LogP contribution is -2.41. The molecule has 4 aliphatic rings. The zero-order valence-corrected chi connectivity index (χ0v) is 15.9. The van der Waals surface area contributed by atoms with E-state index < -0.39 is 30.3 Å². The van der Waals surface area contributed by atoms with Crippen LogP contribution in [0.5, 0.6) is 11.5 Å². The van der Waals surface area contributed by atoms with E-state index >= 15 is 0 Å². The smallest absolute Gasteiger partial charge is 0.323 e. The van der Waals surface area contributed by atoms with E-state index in [2.05, 4.69) is 5.16 Å². The molecule has 1 aromatic rings. The first kappa shape index (κ1) is 18.0. The van der Waals surface area contributed by atoms with Crippen LogP contribution in [0.2, 0.25) is 0 Å². The maximum atomic E-state index is 12.9. The molecule has 9 heteroatoms. The number of hydrogen-bond donors (Lipinski definition) is 1. The van der Waals surface area contributed by atoms with Crippen LogP contribution in [0.25, 0.3) is 0 Å². The summed E-state index contributed by atoms with van der Waals surface area (Å²) in [5.74, 6) is -2.15. The molecule has 2 aliphatic carbocycles. The molecule has 9 nitrogen and oxygen atoms in total. The maximum Gasteiger partial charge on any atom is 0.323 e. The number of imide groups is 1. The number of likely N-dealkylation sites (tertiary alicyclic amines) is 1. The second-order valence-electron chi connectivity index (χ2n) is 7.91. The van der Waals surface area contributed by atoms with Crippen molar-refractivity contribution < 1.29 is 33.8 Å². The predicted octanol–water partition coefficient (Wildman–Crippen LogP) is 0.758. The van der Waals surface area contributed by atoms with E-state index in [1.54, 1.807) is 20.3 Å². The molecule has 2 saturated carbocycles. The quantitative estimate of drug-likeness (QED) is 0.726. The van der Waals surface area contributed by atoms with E-state index in [0.29, 0.717) is 17.9 Å². The minimum Gasteiger partial charge on any atom is -0.493 e. The Bertz CT molecular complexity index is 958. The van der Waals surface area contributed by atoms with Gasteiger partial charge in [-0.15, -0.1) is 0 Å². The summed E-state index contributed by atoms with van der Waals surface area (Å²) in [6.07, 6.45) is 0.431. The lowest BCUT2D eigenvalue weighted by atomic mass is 9.71. The SMILES string of the molecule is COc1ccc(C2=NO[C@@H]3[C@H]4C[C@H]([C@H]5C(=O)N(CC(=O)O)C(=O)[C@@H]45)[C@H]23)cc1OC. The number of nitrogens with zero attached hydrogens (tertiary/aromatic N) is 2. The van der Waals surface area contributed by atoms with E-state index in [1.807, 2.05) is 12.1 Å². The summed E-state index contributed by atoms with van der Waals surface area (Å²) < 4.78 is 10.7. The van der Waals surface area contributed by atoms with Crippen LogP contribution in [0.15, 0.2) is 23.4 Å². The standard InChI is InChI=1S/C20H20N2O7/c1-27-11-4-3-8(5-12(11)28-2)17-16-9-6-10(18(16)29-21-17)15-14(9)19(25)22(20(15)26)7-13(23)24/h3-5,9-10,14-16,18H,6-7H2,1-2H3,(H,23,24)/t9-,10+,14-,15+,16-,18-/m1/s1. The number of ether oxygens (including phenoxy) is 2. The van der Waals surface area contributed by atoms with Crippen LogP contribution < -0.4 is 9.47 Å². The summed E-state index contributed by atoms with van der Waals surface area (Å²) in [4.78, 5) is 43.3. The van der Waals surface area contributed by atoms with Gasteiger partial charge in [0, 0.05) is 17.4 Å². The number of carbonyl (C=O) groups is 3. The third kappa shape index (κ3) is 2.33. The Kier molecular flexibility index (Phi) is 3.84. The van der Waals surface area contributed by atoms with Crippen LogP contribution in [0, 0.1) is 29.6 Å². The first-order valence-electron chi connectivity index (χ1n) is 9.49. The zero-order chi connectivity index (χ0) is 20.4. The third-order valence-electron chi connectivity index (χ3n) is 6.75. The van der Waals surface area contributed by atoms with Gasteiger partial charge in [-0.2, -0.15) is 0 Å². The van der Waals surface area contributed by atoms with Gasteiger partial charge in [0.25, 0.3) is 0 Å². The highest BCUT2D eigenvalue weighted by Crippen LogP contribution is 2.61. The van der Waals surface area contributed by atoms with E-state index in [-0.39, 0.29) is 29.8 Å². The van der Waals surface area contributed by atoms with Gasteiger partial charge in [0.1, 0.15) is 12.6 Å². The molecule has 0 radical (unpaired) electrons. The number of carboxylic acids is 1. The molecule has 0 spiro atoms. The molecule has 1 aromatic carbocycles. The Morgan fingerprint density at radius 2 is 1.83 bits per heavy atom. The van der Waals surface area contributed by atoms with Gasteiger partial charge in [-0.25, -0.2) is 0 Å². The number of aliphatic carboxylic acids is 1. The first-order chi connectivity index (χ1) is 14.0. The van der Waals surface area contributed by atoms with E-state index in [0.717, 1.165) is 16.2 Å². The van der Waals surface area contributed by atoms with Crippen molar-refractivity contribution in [1.82, 2.24) is 4.90 Å². The summed E-state index contributed by atoms with van der Waals surface area (Å²) in [6, 6.07) is 5.48. The highest BCUT2D eigenvalue weighted by molar-refractivity contribution is 6.10. The number of amides is 2. The van der Waals surface area contributed by atoms with Crippen molar-refractivity contribution in [2.45, 2.75) is 12.5 Å². The summed E-state index contributed by atoms with van der Waals surface area (Å²) in [5.41, 5.74) is 1.55. The molecule has 0 aromatic heterocycles. The lowest BCUT2D eigenvalue weighted by Gasteiger charge is -2.30. The highest BCUT2D eigenvalue weighted by Gasteiger charge is 2.70. The molecule has 1 saturated heterocycles. The van der Waals surface area contributed by atoms with Gasteiger partial charge in [0.2, 0.25) is 11.8 Å². The Balaban J connectivity index is 1.46. The molecule has 2 amide bonds. The Morgan fingerprint density at radius 3 is 2.48 bits per heavy atom. The lowest BCUT2D eigenvalue weighted by molar-refractivity contribution is -0.150. The molecule has 152 valence electrons.